The molecule has 1 fully saturated rings. The van der Waals surface area contributed by atoms with E-state index in [0.29, 0.717) is 0 Å². The first-order valence-corrected chi connectivity index (χ1v) is 7.64. The van der Waals surface area contributed by atoms with Crippen LogP contribution >= 0.6 is 0 Å². The van der Waals surface area contributed by atoms with E-state index in [4.69, 9.17) is 0 Å². The molecule has 1 aromatic rings. The van der Waals surface area contributed by atoms with E-state index in [2.05, 4.69) is 10.4 Å². The lowest BCUT2D eigenvalue weighted by Gasteiger charge is -2.26. The molecule has 0 spiro atoms. The number of aryl methyl sites for hydroxylation is 1. The largest absolute Gasteiger partial charge is 0.317 e. The van der Waals surface area contributed by atoms with E-state index in [1.54, 1.807) is 20.2 Å². The Morgan fingerprint density at radius 2 is 2.22 bits per heavy atom. The van der Waals surface area contributed by atoms with E-state index in [1.807, 2.05) is 0 Å². The fraction of sp³-hybridized carbons (Fsp3) is 0.727. The van der Waals surface area contributed by atoms with Gasteiger partial charge in [0, 0.05) is 20.1 Å². The molecule has 1 N–H and O–H groups in total. The zero-order chi connectivity index (χ0) is 13.2. The third-order valence-corrected chi connectivity index (χ3v) is 5.46. The molecule has 0 aliphatic carbocycles. The van der Waals surface area contributed by atoms with Crippen LogP contribution in [0.5, 0.6) is 0 Å². The number of nitrogens with zero attached hydrogens (tertiary/aromatic N) is 3. The SMILES string of the molecule is CN(C1CCCNCC1)S(=O)(=O)c1ccnn1C. The Hall–Kier alpha value is -0.920. The molecule has 102 valence electrons. The van der Waals surface area contributed by atoms with Crippen LogP contribution in [0.15, 0.2) is 17.3 Å². The van der Waals surface area contributed by atoms with Gasteiger partial charge in [0.15, 0.2) is 5.03 Å². The molecule has 2 rings (SSSR count). The van der Waals surface area contributed by atoms with Crippen molar-refractivity contribution in [3.05, 3.63) is 12.3 Å². The van der Waals surface area contributed by atoms with Gasteiger partial charge in [-0.05, 0) is 38.4 Å². The molecule has 0 radical (unpaired) electrons. The Balaban J connectivity index is 2.21. The number of aromatic nitrogens is 2. The Morgan fingerprint density at radius 1 is 1.44 bits per heavy atom. The molecular formula is C11H20N4O2S. The van der Waals surface area contributed by atoms with Gasteiger partial charge in [-0.15, -0.1) is 0 Å². The van der Waals surface area contributed by atoms with Crippen LogP contribution in [0.2, 0.25) is 0 Å². The van der Waals surface area contributed by atoms with Gasteiger partial charge in [0.2, 0.25) is 0 Å². The second-order valence-corrected chi connectivity index (χ2v) is 6.59. The standard InChI is InChI=1S/C11H20N4O2S/c1-14-11(6-9-13-14)18(16,17)15(2)10-4-3-7-12-8-5-10/h6,9-10,12H,3-5,7-8H2,1-2H3. The Bertz CT molecular complexity index is 489. The minimum Gasteiger partial charge on any atom is -0.317 e. The average Bonchev–Trinajstić information content (AvgIpc) is 2.63. The predicted octanol–water partition coefficient (Wildman–Crippen LogP) is 0.183. The summed E-state index contributed by atoms with van der Waals surface area (Å²) in [5.74, 6) is 0. The van der Waals surface area contributed by atoms with Crippen LogP contribution in [-0.4, -0.2) is 48.7 Å². The lowest BCUT2D eigenvalue weighted by atomic mass is 10.1. The average molecular weight is 272 g/mol. The highest BCUT2D eigenvalue weighted by molar-refractivity contribution is 7.89. The molecule has 6 nitrogen and oxygen atoms in total. The van der Waals surface area contributed by atoms with Crippen LogP contribution in [0.3, 0.4) is 0 Å². The molecule has 0 saturated carbocycles. The molecule has 1 aromatic heterocycles. The van der Waals surface area contributed by atoms with Crippen LogP contribution in [0.25, 0.3) is 0 Å². The number of hydrogen-bond acceptors (Lipinski definition) is 4. The molecule has 1 atom stereocenters. The summed E-state index contributed by atoms with van der Waals surface area (Å²) in [5, 5.41) is 7.47. The summed E-state index contributed by atoms with van der Waals surface area (Å²) < 4.78 is 27.8. The third kappa shape index (κ3) is 2.57. The molecule has 1 aliphatic heterocycles. The first kappa shape index (κ1) is 13.5. The molecule has 1 unspecified atom stereocenters. The summed E-state index contributed by atoms with van der Waals surface area (Å²) in [7, 11) is -0.123. The van der Waals surface area contributed by atoms with E-state index < -0.39 is 10.0 Å². The summed E-state index contributed by atoms with van der Waals surface area (Å²) in [6.45, 7) is 1.84. The second kappa shape index (κ2) is 5.38. The highest BCUT2D eigenvalue weighted by atomic mass is 32.2. The number of rotatable bonds is 3. The van der Waals surface area contributed by atoms with Gasteiger partial charge in [0.25, 0.3) is 10.0 Å². The van der Waals surface area contributed by atoms with Crippen molar-refractivity contribution in [3.63, 3.8) is 0 Å². The number of sulfonamides is 1. The van der Waals surface area contributed by atoms with Crippen LogP contribution < -0.4 is 5.32 Å². The zero-order valence-electron chi connectivity index (χ0n) is 10.8. The van der Waals surface area contributed by atoms with Crippen LogP contribution in [0, 0.1) is 0 Å². The monoisotopic (exact) mass is 272 g/mol. The van der Waals surface area contributed by atoms with Crippen molar-refractivity contribution in [1.29, 1.82) is 0 Å². The maximum absolute atomic E-state index is 12.5. The summed E-state index contributed by atoms with van der Waals surface area (Å²) in [6, 6.07) is 1.61. The van der Waals surface area contributed by atoms with Gasteiger partial charge in [-0.3, -0.25) is 4.68 Å². The first-order chi connectivity index (χ1) is 8.53. The molecule has 0 aromatic carbocycles. The van der Waals surface area contributed by atoms with E-state index >= 15 is 0 Å². The summed E-state index contributed by atoms with van der Waals surface area (Å²) in [6.07, 6.45) is 4.28. The van der Waals surface area contributed by atoms with Gasteiger partial charge in [-0.2, -0.15) is 9.40 Å². The number of hydrogen-bond donors (Lipinski definition) is 1. The van der Waals surface area contributed by atoms with Crippen molar-refractivity contribution in [1.82, 2.24) is 19.4 Å². The molecule has 2 heterocycles. The molecule has 0 amide bonds. The van der Waals surface area contributed by atoms with Crippen molar-refractivity contribution < 1.29 is 8.42 Å². The van der Waals surface area contributed by atoms with Crippen molar-refractivity contribution in [2.24, 2.45) is 7.05 Å². The van der Waals surface area contributed by atoms with E-state index in [1.165, 1.54) is 15.2 Å². The Morgan fingerprint density at radius 3 is 2.89 bits per heavy atom. The van der Waals surface area contributed by atoms with Gasteiger partial charge < -0.3 is 5.32 Å². The molecule has 1 saturated heterocycles. The fourth-order valence-corrected chi connectivity index (χ4v) is 3.84. The summed E-state index contributed by atoms with van der Waals surface area (Å²) >= 11 is 0. The maximum atomic E-state index is 12.5. The third-order valence-electron chi connectivity index (χ3n) is 3.48. The molecule has 0 bridgehead atoms. The van der Waals surface area contributed by atoms with Crippen LogP contribution in [0.1, 0.15) is 19.3 Å². The normalized spacial score (nSPS) is 22.1. The summed E-state index contributed by atoms with van der Waals surface area (Å²) in [5.41, 5.74) is 0. The minimum atomic E-state index is -3.44. The molecule has 18 heavy (non-hydrogen) atoms. The minimum absolute atomic E-state index is 0.0694. The zero-order valence-corrected chi connectivity index (χ0v) is 11.7. The highest BCUT2D eigenvalue weighted by Gasteiger charge is 2.30. The van der Waals surface area contributed by atoms with Crippen molar-refractivity contribution >= 4 is 10.0 Å². The number of nitrogens with one attached hydrogen (secondary N) is 1. The second-order valence-electron chi connectivity index (χ2n) is 4.65. The van der Waals surface area contributed by atoms with E-state index in [9.17, 15) is 8.42 Å². The molecule has 7 heteroatoms. The maximum Gasteiger partial charge on any atom is 0.260 e. The molecular weight excluding hydrogens is 252 g/mol. The lowest BCUT2D eigenvalue weighted by molar-refractivity contribution is 0.338. The van der Waals surface area contributed by atoms with Gasteiger partial charge >= 0.3 is 0 Å². The Labute approximate surface area is 108 Å². The van der Waals surface area contributed by atoms with Gasteiger partial charge in [0.05, 0.1) is 6.20 Å². The van der Waals surface area contributed by atoms with Crippen LogP contribution in [0.4, 0.5) is 0 Å². The van der Waals surface area contributed by atoms with E-state index in [-0.39, 0.29) is 11.1 Å². The first-order valence-electron chi connectivity index (χ1n) is 6.20. The van der Waals surface area contributed by atoms with Crippen LogP contribution in [-0.2, 0) is 17.1 Å². The van der Waals surface area contributed by atoms with E-state index in [0.717, 1.165) is 32.4 Å². The highest BCUT2D eigenvalue weighted by Crippen LogP contribution is 2.20. The summed E-state index contributed by atoms with van der Waals surface area (Å²) in [4.78, 5) is 0. The topological polar surface area (TPSA) is 67.2 Å². The predicted molar refractivity (Wildman–Crippen MR) is 68.7 cm³/mol. The smallest absolute Gasteiger partial charge is 0.260 e. The van der Waals surface area contributed by atoms with Crippen molar-refractivity contribution in [2.45, 2.75) is 30.3 Å². The molecule has 1 aliphatic rings. The Kier molecular flexibility index (Phi) is 4.04. The van der Waals surface area contributed by atoms with Gasteiger partial charge in [-0.25, -0.2) is 8.42 Å². The van der Waals surface area contributed by atoms with Gasteiger partial charge in [-0.1, -0.05) is 0 Å². The quantitative estimate of drug-likeness (QED) is 0.852. The van der Waals surface area contributed by atoms with Gasteiger partial charge in [0.1, 0.15) is 0 Å². The van der Waals surface area contributed by atoms with Crippen molar-refractivity contribution in [2.75, 3.05) is 20.1 Å². The lowest BCUT2D eigenvalue weighted by Crippen LogP contribution is -2.38. The fourth-order valence-electron chi connectivity index (χ4n) is 2.32. The van der Waals surface area contributed by atoms with Crippen molar-refractivity contribution in [3.8, 4) is 0 Å².